The maximum absolute atomic E-state index is 4.69. The van der Waals surface area contributed by atoms with Crippen molar-refractivity contribution in [3.05, 3.63) is 27.2 Å². The molecular weight excluding hydrogens is 294 g/mol. The molecule has 6 heteroatoms. The van der Waals surface area contributed by atoms with E-state index in [1.807, 2.05) is 11.3 Å². The van der Waals surface area contributed by atoms with Crippen LogP contribution in [0.15, 0.2) is 0 Å². The quantitative estimate of drug-likeness (QED) is 0.873. The highest BCUT2D eigenvalue weighted by molar-refractivity contribution is 7.11. The second kappa shape index (κ2) is 5.74. The summed E-state index contributed by atoms with van der Waals surface area (Å²) in [5.41, 5.74) is 1.18. The molecule has 1 atom stereocenters. The monoisotopic (exact) mass is 317 g/mol. The summed E-state index contributed by atoms with van der Waals surface area (Å²) in [5, 5.41) is 10.1. The smallest absolute Gasteiger partial charge is 0.137 e. The minimum Gasteiger partial charge on any atom is -0.315 e. The zero-order valence-electron chi connectivity index (χ0n) is 13.4. The van der Waals surface area contributed by atoms with Gasteiger partial charge in [0.05, 0.1) is 12.2 Å². The maximum atomic E-state index is 4.69. The fourth-order valence-electron chi connectivity index (χ4n) is 3.68. The number of piperidine rings is 1. The molecule has 2 aliphatic heterocycles. The molecule has 4 heterocycles. The summed E-state index contributed by atoms with van der Waals surface area (Å²) in [5.74, 6) is 2.96. The molecule has 118 valence electrons. The van der Waals surface area contributed by atoms with E-state index < -0.39 is 0 Å². The topological polar surface area (TPSA) is 46.8 Å². The number of rotatable bonds is 3. The van der Waals surface area contributed by atoms with Crippen molar-refractivity contribution >= 4 is 11.3 Å². The Morgan fingerprint density at radius 3 is 2.91 bits per heavy atom. The summed E-state index contributed by atoms with van der Waals surface area (Å²) in [6.07, 6.45) is 4.81. The predicted molar refractivity (Wildman–Crippen MR) is 87.2 cm³/mol. The number of thiazole rings is 1. The molecule has 0 saturated carbocycles. The summed E-state index contributed by atoms with van der Waals surface area (Å²) in [4.78, 5) is 8.58. The number of fused-ring (bicyclic) bond motifs is 1. The summed E-state index contributed by atoms with van der Waals surface area (Å²) in [6.45, 7) is 8.63. The Labute approximate surface area is 135 Å². The van der Waals surface area contributed by atoms with E-state index in [0.29, 0.717) is 5.92 Å². The summed E-state index contributed by atoms with van der Waals surface area (Å²) in [6, 6.07) is 0. The first-order valence-corrected chi connectivity index (χ1v) is 9.09. The number of likely N-dealkylation sites (tertiary alicyclic amines) is 1. The van der Waals surface area contributed by atoms with E-state index in [1.54, 1.807) is 0 Å². The summed E-state index contributed by atoms with van der Waals surface area (Å²) >= 11 is 1.84. The van der Waals surface area contributed by atoms with Crippen molar-refractivity contribution in [2.45, 2.75) is 58.5 Å². The van der Waals surface area contributed by atoms with Gasteiger partial charge >= 0.3 is 0 Å². The number of hydrogen-bond donors (Lipinski definition) is 0. The van der Waals surface area contributed by atoms with Crippen LogP contribution in [0.25, 0.3) is 0 Å². The highest BCUT2D eigenvalue weighted by Gasteiger charge is 2.28. The number of aromatic nitrogens is 4. The van der Waals surface area contributed by atoms with E-state index in [-0.39, 0.29) is 0 Å². The van der Waals surface area contributed by atoms with Crippen LogP contribution in [0.5, 0.6) is 0 Å². The van der Waals surface area contributed by atoms with E-state index in [4.69, 9.17) is 4.98 Å². The van der Waals surface area contributed by atoms with Gasteiger partial charge in [-0.2, -0.15) is 0 Å². The van der Waals surface area contributed by atoms with Gasteiger partial charge in [0.25, 0.3) is 0 Å². The van der Waals surface area contributed by atoms with E-state index in [1.165, 1.54) is 53.0 Å². The van der Waals surface area contributed by atoms with Crippen LogP contribution in [-0.2, 0) is 19.5 Å². The molecule has 0 aromatic carbocycles. The van der Waals surface area contributed by atoms with Crippen molar-refractivity contribution in [2.75, 3.05) is 13.1 Å². The minimum absolute atomic E-state index is 0.537. The Hall–Kier alpha value is -1.27. The lowest BCUT2D eigenvalue weighted by Gasteiger charge is -2.31. The van der Waals surface area contributed by atoms with Crippen molar-refractivity contribution in [3.63, 3.8) is 0 Å². The lowest BCUT2D eigenvalue weighted by molar-refractivity contribution is 0.194. The van der Waals surface area contributed by atoms with Crippen molar-refractivity contribution in [2.24, 2.45) is 0 Å². The Bertz CT molecular complexity index is 655. The number of aryl methyl sites for hydroxylation is 3. The molecule has 1 fully saturated rings. The zero-order valence-corrected chi connectivity index (χ0v) is 14.2. The van der Waals surface area contributed by atoms with Crippen molar-refractivity contribution < 1.29 is 0 Å². The van der Waals surface area contributed by atoms with E-state index in [9.17, 15) is 0 Å². The van der Waals surface area contributed by atoms with Gasteiger partial charge in [-0.1, -0.05) is 0 Å². The molecule has 0 spiro atoms. The molecule has 0 radical (unpaired) electrons. The predicted octanol–water partition coefficient (Wildman–Crippen LogP) is 2.68. The lowest BCUT2D eigenvalue weighted by atomic mass is 9.97. The van der Waals surface area contributed by atoms with E-state index in [0.717, 1.165) is 26.1 Å². The third-order valence-electron chi connectivity index (χ3n) is 4.94. The molecule has 0 N–H and O–H groups in total. The third kappa shape index (κ3) is 2.58. The van der Waals surface area contributed by atoms with Crippen LogP contribution in [-0.4, -0.2) is 37.7 Å². The second-order valence-corrected chi connectivity index (χ2v) is 7.84. The molecule has 4 rings (SSSR count). The van der Waals surface area contributed by atoms with Crippen molar-refractivity contribution in [1.82, 2.24) is 24.6 Å². The number of nitrogens with zero attached hydrogens (tertiary/aromatic N) is 5. The molecule has 2 aromatic heterocycles. The molecular formula is C16H23N5S. The Morgan fingerprint density at radius 2 is 2.09 bits per heavy atom. The Morgan fingerprint density at radius 1 is 1.18 bits per heavy atom. The fraction of sp³-hybridized carbons (Fsp3) is 0.688. The van der Waals surface area contributed by atoms with Crippen LogP contribution in [0.2, 0.25) is 0 Å². The highest BCUT2D eigenvalue weighted by Crippen LogP contribution is 2.29. The van der Waals surface area contributed by atoms with Crippen molar-refractivity contribution in [3.8, 4) is 0 Å². The summed E-state index contributed by atoms with van der Waals surface area (Å²) in [7, 11) is 0. The van der Waals surface area contributed by atoms with Gasteiger partial charge in [-0.3, -0.25) is 4.90 Å². The van der Waals surface area contributed by atoms with Gasteiger partial charge in [-0.15, -0.1) is 21.5 Å². The normalized spacial score (nSPS) is 22.2. The molecule has 0 amide bonds. The van der Waals surface area contributed by atoms with E-state index >= 15 is 0 Å². The van der Waals surface area contributed by atoms with Crippen molar-refractivity contribution in [1.29, 1.82) is 0 Å². The molecule has 22 heavy (non-hydrogen) atoms. The first-order valence-electron chi connectivity index (χ1n) is 8.28. The van der Waals surface area contributed by atoms with Gasteiger partial charge in [0.2, 0.25) is 0 Å². The van der Waals surface area contributed by atoms with Crippen LogP contribution in [0.4, 0.5) is 0 Å². The Balaban J connectivity index is 1.47. The van der Waals surface area contributed by atoms with Gasteiger partial charge < -0.3 is 4.57 Å². The standard InChI is InChI=1S/C16H23N5S/c1-11-12(2)22-15(17-11)10-20-7-3-5-13(9-20)16-19-18-14-6-4-8-21(14)16/h13H,3-10H2,1-2H3. The van der Waals surface area contributed by atoms with E-state index in [2.05, 4.69) is 33.5 Å². The number of hydrogen-bond acceptors (Lipinski definition) is 5. The molecule has 2 aliphatic rings. The highest BCUT2D eigenvalue weighted by atomic mass is 32.1. The molecule has 5 nitrogen and oxygen atoms in total. The van der Waals surface area contributed by atoms with Crippen LogP contribution < -0.4 is 0 Å². The molecule has 2 aromatic rings. The largest absolute Gasteiger partial charge is 0.315 e. The van der Waals surface area contributed by atoms with Crippen LogP contribution in [0.1, 0.15) is 52.4 Å². The van der Waals surface area contributed by atoms with Crippen LogP contribution in [0, 0.1) is 13.8 Å². The Kier molecular flexibility index (Phi) is 3.74. The first kappa shape index (κ1) is 14.3. The van der Waals surface area contributed by atoms with Crippen LogP contribution >= 0.6 is 11.3 Å². The molecule has 0 bridgehead atoms. The van der Waals surface area contributed by atoms with Gasteiger partial charge in [0, 0.05) is 30.3 Å². The average Bonchev–Trinajstić information content (AvgIpc) is 3.16. The molecule has 1 saturated heterocycles. The summed E-state index contributed by atoms with van der Waals surface area (Å²) < 4.78 is 2.37. The SMILES string of the molecule is Cc1nc(CN2CCCC(c3nnc4n3CCC4)C2)sc1C. The third-order valence-corrected chi connectivity index (χ3v) is 6.00. The van der Waals surface area contributed by atoms with Crippen LogP contribution in [0.3, 0.4) is 0 Å². The molecule has 1 unspecified atom stereocenters. The van der Waals surface area contributed by atoms with Gasteiger partial charge in [0.15, 0.2) is 0 Å². The minimum atomic E-state index is 0.537. The lowest BCUT2D eigenvalue weighted by Crippen LogP contribution is -2.34. The fourth-order valence-corrected chi connectivity index (χ4v) is 4.66. The second-order valence-electron chi connectivity index (χ2n) is 6.55. The average molecular weight is 317 g/mol. The first-order chi connectivity index (χ1) is 10.7. The zero-order chi connectivity index (χ0) is 15.1. The van der Waals surface area contributed by atoms with Gasteiger partial charge in [0.1, 0.15) is 16.7 Å². The molecule has 0 aliphatic carbocycles. The maximum Gasteiger partial charge on any atom is 0.137 e. The van der Waals surface area contributed by atoms with Gasteiger partial charge in [-0.05, 0) is 39.7 Å². The van der Waals surface area contributed by atoms with Gasteiger partial charge in [-0.25, -0.2) is 4.98 Å².